The van der Waals surface area contributed by atoms with E-state index in [0.717, 1.165) is 54.0 Å². The highest BCUT2D eigenvalue weighted by Crippen LogP contribution is 2.30. The lowest BCUT2D eigenvalue weighted by molar-refractivity contribution is 0.390. The molecule has 1 atom stereocenters. The van der Waals surface area contributed by atoms with Crippen LogP contribution in [0.4, 0.5) is 5.69 Å². The number of benzene rings is 2. The van der Waals surface area contributed by atoms with Crippen LogP contribution in [0.15, 0.2) is 47.5 Å². The normalized spacial score (nSPS) is 15.9. The molecule has 0 radical (unpaired) electrons. The van der Waals surface area contributed by atoms with Crippen LogP contribution in [-0.2, 0) is 6.54 Å². The molecule has 0 amide bonds. The van der Waals surface area contributed by atoms with Crippen LogP contribution in [0.1, 0.15) is 12.0 Å². The van der Waals surface area contributed by atoms with Crippen LogP contribution >= 0.6 is 24.0 Å². The SMILES string of the molecule is CN=C(NCc1ccc(OC)cc1OC)NC1CCN(c2ccccc2OC)C1.I. The highest BCUT2D eigenvalue weighted by Gasteiger charge is 2.25. The van der Waals surface area contributed by atoms with Crippen molar-refractivity contribution in [2.75, 3.05) is 46.4 Å². The van der Waals surface area contributed by atoms with E-state index in [1.165, 1.54) is 0 Å². The van der Waals surface area contributed by atoms with Crippen molar-refractivity contribution in [1.29, 1.82) is 0 Å². The van der Waals surface area contributed by atoms with Crippen LogP contribution in [0, 0.1) is 0 Å². The lowest BCUT2D eigenvalue weighted by atomic mass is 10.2. The summed E-state index contributed by atoms with van der Waals surface area (Å²) in [5, 5.41) is 6.90. The van der Waals surface area contributed by atoms with Gasteiger partial charge in [0.05, 0.1) is 27.0 Å². The topological polar surface area (TPSA) is 67.4 Å². The first-order valence-electron chi connectivity index (χ1n) is 9.74. The Kier molecular flexibility index (Phi) is 9.35. The summed E-state index contributed by atoms with van der Waals surface area (Å²) in [7, 11) is 6.81. The summed E-state index contributed by atoms with van der Waals surface area (Å²) in [5.74, 6) is 3.24. The standard InChI is InChI=1S/C22H30N4O3.HI/c1-23-22(24-14-16-9-10-18(27-2)13-21(16)29-4)25-17-11-12-26(15-17)19-7-5-6-8-20(19)28-3;/h5-10,13,17H,11-12,14-15H2,1-4H3,(H2,23,24,25);1H. The maximum Gasteiger partial charge on any atom is 0.191 e. The lowest BCUT2D eigenvalue weighted by Gasteiger charge is -2.22. The highest BCUT2D eigenvalue weighted by molar-refractivity contribution is 14.0. The van der Waals surface area contributed by atoms with Crippen LogP contribution in [0.3, 0.4) is 0 Å². The number of ether oxygens (including phenoxy) is 3. The van der Waals surface area contributed by atoms with Gasteiger partial charge in [0, 0.05) is 44.4 Å². The Balaban J connectivity index is 0.00000320. The van der Waals surface area contributed by atoms with E-state index >= 15 is 0 Å². The molecule has 1 aliphatic rings. The molecule has 2 aromatic carbocycles. The van der Waals surface area contributed by atoms with Crippen molar-refractivity contribution in [3.8, 4) is 17.2 Å². The zero-order valence-electron chi connectivity index (χ0n) is 18.0. The van der Waals surface area contributed by atoms with E-state index in [-0.39, 0.29) is 24.0 Å². The quantitative estimate of drug-likeness (QED) is 0.328. The van der Waals surface area contributed by atoms with E-state index in [0.29, 0.717) is 12.6 Å². The summed E-state index contributed by atoms with van der Waals surface area (Å²) in [4.78, 5) is 6.72. The average Bonchev–Trinajstić information content (AvgIpc) is 3.24. The third kappa shape index (κ3) is 5.84. The number of nitrogens with one attached hydrogen (secondary N) is 2. The maximum atomic E-state index is 5.50. The van der Waals surface area contributed by atoms with Gasteiger partial charge in [-0.05, 0) is 30.7 Å². The highest BCUT2D eigenvalue weighted by atomic mass is 127. The first kappa shape index (κ1) is 23.9. The summed E-state index contributed by atoms with van der Waals surface area (Å²) >= 11 is 0. The number of hydrogen-bond acceptors (Lipinski definition) is 5. The summed E-state index contributed by atoms with van der Waals surface area (Å²) in [6, 6.07) is 14.3. The predicted octanol–water partition coefficient (Wildman–Crippen LogP) is 3.27. The summed E-state index contributed by atoms with van der Waals surface area (Å²) in [5.41, 5.74) is 2.17. The smallest absolute Gasteiger partial charge is 0.191 e. The van der Waals surface area contributed by atoms with Gasteiger partial charge in [-0.25, -0.2) is 0 Å². The molecule has 8 heteroatoms. The maximum absolute atomic E-state index is 5.50. The van der Waals surface area contributed by atoms with Gasteiger partial charge in [-0.1, -0.05) is 12.1 Å². The third-order valence-electron chi connectivity index (χ3n) is 5.12. The van der Waals surface area contributed by atoms with E-state index in [1.807, 2.05) is 36.4 Å². The largest absolute Gasteiger partial charge is 0.497 e. The van der Waals surface area contributed by atoms with Gasteiger partial charge < -0.3 is 29.7 Å². The van der Waals surface area contributed by atoms with E-state index in [2.05, 4.69) is 26.6 Å². The number of aliphatic imine (C=N–C) groups is 1. The number of nitrogens with zero attached hydrogens (tertiary/aromatic N) is 2. The fraction of sp³-hybridized carbons (Fsp3) is 0.409. The first-order valence-corrected chi connectivity index (χ1v) is 9.74. The predicted molar refractivity (Wildman–Crippen MR) is 132 cm³/mol. The summed E-state index contributed by atoms with van der Waals surface area (Å²) < 4.78 is 16.2. The van der Waals surface area contributed by atoms with Crippen LogP contribution < -0.4 is 29.7 Å². The van der Waals surface area contributed by atoms with Crippen molar-refractivity contribution in [3.63, 3.8) is 0 Å². The second kappa shape index (κ2) is 11.7. The molecule has 1 aliphatic heterocycles. The van der Waals surface area contributed by atoms with Crippen molar-refractivity contribution in [2.24, 2.45) is 4.99 Å². The van der Waals surface area contributed by atoms with Crippen LogP contribution in [0.5, 0.6) is 17.2 Å². The van der Waals surface area contributed by atoms with Gasteiger partial charge in [-0.2, -0.15) is 0 Å². The molecule has 2 aromatic rings. The Morgan fingerprint density at radius 3 is 2.53 bits per heavy atom. The molecular formula is C22H31IN4O3. The Hall–Kier alpha value is -2.36. The van der Waals surface area contributed by atoms with E-state index in [4.69, 9.17) is 14.2 Å². The molecule has 0 bridgehead atoms. The van der Waals surface area contributed by atoms with Crippen molar-refractivity contribution >= 4 is 35.6 Å². The molecule has 2 N–H and O–H groups in total. The van der Waals surface area contributed by atoms with E-state index in [1.54, 1.807) is 28.4 Å². The van der Waals surface area contributed by atoms with Gasteiger partial charge in [-0.3, -0.25) is 4.99 Å². The second-order valence-corrected chi connectivity index (χ2v) is 6.85. The van der Waals surface area contributed by atoms with Crippen LogP contribution in [-0.4, -0.2) is 53.5 Å². The third-order valence-corrected chi connectivity index (χ3v) is 5.12. The molecule has 0 aliphatic carbocycles. The minimum Gasteiger partial charge on any atom is -0.497 e. The Labute approximate surface area is 195 Å². The van der Waals surface area contributed by atoms with E-state index in [9.17, 15) is 0 Å². The van der Waals surface area contributed by atoms with Gasteiger partial charge in [0.25, 0.3) is 0 Å². The molecular weight excluding hydrogens is 495 g/mol. The molecule has 30 heavy (non-hydrogen) atoms. The Morgan fingerprint density at radius 2 is 1.83 bits per heavy atom. The minimum absolute atomic E-state index is 0. The van der Waals surface area contributed by atoms with Crippen molar-refractivity contribution in [2.45, 2.75) is 19.0 Å². The van der Waals surface area contributed by atoms with Gasteiger partial charge in [0.15, 0.2) is 5.96 Å². The fourth-order valence-corrected chi connectivity index (χ4v) is 3.55. The molecule has 1 fully saturated rings. The summed E-state index contributed by atoms with van der Waals surface area (Å²) in [6.45, 7) is 2.48. The molecule has 1 unspecified atom stereocenters. The van der Waals surface area contributed by atoms with Crippen molar-refractivity contribution in [3.05, 3.63) is 48.0 Å². The van der Waals surface area contributed by atoms with Crippen LogP contribution in [0.25, 0.3) is 0 Å². The van der Waals surface area contributed by atoms with Crippen molar-refractivity contribution < 1.29 is 14.2 Å². The van der Waals surface area contributed by atoms with Gasteiger partial charge >= 0.3 is 0 Å². The molecule has 1 heterocycles. The number of halogens is 1. The average molecular weight is 526 g/mol. The second-order valence-electron chi connectivity index (χ2n) is 6.85. The van der Waals surface area contributed by atoms with Gasteiger partial charge in [0.1, 0.15) is 17.2 Å². The number of rotatable bonds is 7. The lowest BCUT2D eigenvalue weighted by Crippen LogP contribution is -2.44. The number of methoxy groups -OCH3 is 3. The zero-order valence-corrected chi connectivity index (χ0v) is 20.3. The zero-order chi connectivity index (χ0) is 20.6. The Morgan fingerprint density at radius 1 is 1.07 bits per heavy atom. The van der Waals surface area contributed by atoms with Crippen LogP contribution in [0.2, 0.25) is 0 Å². The fourth-order valence-electron chi connectivity index (χ4n) is 3.55. The molecule has 0 saturated carbocycles. The van der Waals surface area contributed by atoms with Gasteiger partial charge in [-0.15, -0.1) is 24.0 Å². The number of guanidine groups is 1. The number of para-hydroxylation sites is 2. The molecule has 164 valence electrons. The molecule has 3 rings (SSSR count). The van der Waals surface area contributed by atoms with Crippen molar-refractivity contribution in [1.82, 2.24) is 10.6 Å². The molecule has 7 nitrogen and oxygen atoms in total. The van der Waals surface area contributed by atoms with E-state index < -0.39 is 0 Å². The number of anilines is 1. The summed E-state index contributed by atoms with van der Waals surface area (Å²) in [6.07, 6.45) is 1.03. The molecule has 0 aromatic heterocycles. The monoisotopic (exact) mass is 526 g/mol. The first-order chi connectivity index (χ1) is 14.2. The minimum atomic E-state index is 0. The van der Waals surface area contributed by atoms with Gasteiger partial charge in [0.2, 0.25) is 0 Å². The number of hydrogen-bond donors (Lipinski definition) is 2. The molecule has 0 spiro atoms. The molecule has 1 saturated heterocycles. The Bertz CT molecular complexity index is 847.